The van der Waals surface area contributed by atoms with Gasteiger partial charge in [-0.2, -0.15) is 5.10 Å². The van der Waals surface area contributed by atoms with Crippen LogP contribution in [0, 0.1) is 0 Å². The maximum atomic E-state index is 11.8. The van der Waals surface area contributed by atoms with Crippen LogP contribution in [0.4, 0.5) is 0 Å². The quantitative estimate of drug-likeness (QED) is 0.442. The minimum absolute atomic E-state index is 0.0553. The highest BCUT2D eigenvalue weighted by atomic mass is 16.5. The number of ether oxygens (including phenoxy) is 1. The molecule has 0 spiro atoms. The molecule has 0 bridgehead atoms. The summed E-state index contributed by atoms with van der Waals surface area (Å²) in [6, 6.07) is 6.92. The highest BCUT2D eigenvalue weighted by molar-refractivity contribution is 6.35. The Morgan fingerprint density at radius 3 is 2.46 bits per heavy atom. The van der Waals surface area contributed by atoms with Crippen molar-refractivity contribution >= 4 is 23.9 Å². The fourth-order valence-electron chi connectivity index (χ4n) is 2.44. The lowest BCUT2D eigenvalue weighted by atomic mass is 10.2. The van der Waals surface area contributed by atoms with Crippen molar-refractivity contribution in [1.29, 1.82) is 0 Å². The third-order valence-corrected chi connectivity index (χ3v) is 3.67. The SMILES string of the molecule is CC(C)NC(=O)COc1ccc(/C=N\NC(=O)C(=O)N2CCCC2)cc1. The van der Waals surface area contributed by atoms with Gasteiger partial charge in [-0.05, 0) is 56.5 Å². The zero-order valence-electron chi connectivity index (χ0n) is 15.0. The Kier molecular flexibility index (Phi) is 7.13. The lowest BCUT2D eigenvalue weighted by Crippen LogP contribution is -2.39. The molecule has 0 radical (unpaired) electrons. The van der Waals surface area contributed by atoms with Gasteiger partial charge in [0.1, 0.15) is 5.75 Å². The first-order valence-corrected chi connectivity index (χ1v) is 8.60. The topological polar surface area (TPSA) is 100 Å². The molecule has 0 saturated carbocycles. The Balaban J connectivity index is 1.77. The van der Waals surface area contributed by atoms with Crippen molar-refractivity contribution < 1.29 is 19.1 Å². The van der Waals surface area contributed by atoms with Crippen molar-refractivity contribution in [1.82, 2.24) is 15.6 Å². The standard InChI is InChI=1S/C18H24N4O4/c1-13(2)20-16(23)12-26-15-7-5-14(6-8-15)11-19-21-17(24)18(25)22-9-3-4-10-22/h5-8,11,13H,3-4,9-10,12H2,1-2H3,(H,20,23)(H,21,24)/b19-11-. The average molecular weight is 360 g/mol. The van der Waals surface area contributed by atoms with Crippen molar-refractivity contribution in [3.63, 3.8) is 0 Å². The van der Waals surface area contributed by atoms with Crippen LogP contribution in [0.1, 0.15) is 32.3 Å². The van der Waals surface area contributed by atoms with Crippen LogP contribution in [-0.4, -0.2) is 54.6 Å². The molecule has 1 aliphatic heterocycles. The summed E-state index contributed by atoms with van der Waals surface area (Å²) in [5, 5.41) is 6.53. The number of carbonyl (C=O) groups is 3. The molecule has 1 aromatic carbocycles. The molecule has 26 heavy (non-hydrogen) atoms. The third-order valence-electron chi connectivity index (χ3n) is 3.67. The van der Waals surface area contributed by atoms with Crippen molar-refractivity contribution in [2.75, 3.05) is 19.7 Å². The number of hydrogen-bond donors (Lipinski definition) is 2. The predicted molar refractivity (Wildman–Crippen MR) is 96.8 cm³/mol. The second kappa shape index (κ2) is 9.55. The molecule has 2 N–H and O–H groups in total. The lowest BCUT2D eigenvalue weighted by molar-refractivity contribution is -0.145. The summed E-state index contributed by atoms with van der Waals surface area (Å²) in [5.74, 6) is -0.923. The molecule has 0 aliphatic carbocycles. The van der Waals surface area contributed by atoms with Gasteiger partial charge in [0.05, 0.1) is 6.21 Å². The molecule has 8 heteroatoms. The summed E-state index contributed by atoms with van der Waals surface area (Å²) in [7, 11) is 0. The first kappa shape index (κ1) is 19.4. The van der Waals surface area contributed by atoms with E-state index < -0.39 is 11.8 Å². The van der Waals surface area contributed by atoms with Crippen molar-refractivity contribution in [2.45, 2.75) is 32.7 Å². The van der Waals surface area contributed by atoms with Crippen LogP contribution in [0.2, 0.25) is 0 Å². The maximum absolute atomic E-state index is 11.8. The number of likely N-dealkylation sites (tertiary alicyclic amines) is 1. The molecule has 0 atom stereocenters. The molecule has 1 aromatic rings. The Bertz CT molecular complexity index is 664. The Labute approximate surface area is 152 Å². The van der Waals surface area contributed by atoms with Gasteiger partial charge in [-0.15, -0.1) is 0 Å². The summed E-state index contributed by atoms with van der Waals surface area (Å²) < 4.78 is 5.38. The smallest absolute Gasteiger partial charge is 0.329 e. The fraction of sp³-hybridized carbons (Fsp3) is 0.444. The van der Waals surface area contributed by atoms with Crippen LogP contribution in [0.25, 0.3) is 0 Å². The lowest BCUT2D eigenvalue weighted by Gasteiger charge is -2.12. The van der Waals surface area contributed by atoms with Crippen LogP contribution in [0.15, 0.2) is 29.4 Å². The summed E-state index contributed by atoms with van der Waals surface area (Å²) >= 11 is 0. The minimum Gasteiger partial charge on any atom is -0.484 e. The van der Waals surface area contributed by atoms with Crippen molar-refractivity contribution in [3.05, 3.63) is 29.8 Å². The van der Waals surface area contributed by atoms with Crippen LogP contribution in [-0.2, 0) is 14.4 Å². The maximum Gasteiger partial charge on any atom is 0.329 e. The largest absolute Gasteiger partial charge is 0.484 e. The zero-order chi connectivity index (χ0) is 18.9. The van der Waals surface area contributed by atoms with E-state index in [9.17, 15) is 14.4 Å². The Morgan fingerprint density at radius 2 is 1.85 bits per heavy atom. The average Bonchev–Trinajstić information content (AvgIpc) is 3.14. The summed E-state index contributed by atoms with van der Waals surface area (Å²) in [5.41, 5.74) is 2.96. The fourth-order valence-corrected chi connectivity index (χ4v) is 2.44. The monoisotopic (exact) mass is 360 g/mol. The van der Waals surface area contributed by atoms with E-state index in [-0.39, 0.29) is 18.6 Å². The molecule has 1 heterocycles. The highest BCUT2D eigenvalue weighted by Crippen LogP contribution is 2.11. The van der Waals surface area contributed by atoms with E-state index in [0.717, 1.165) is 18.4 Å². The molecule has 2 rings (SSSR count). The van der Waals surface area contributed by atoms with Crippen LogP contribution in [0.5, 0.6) is 5.75 Å². The first-order chi connectivity index (χ1) is 12.5. The highest BCUT2D eigenvalue weighted by Gasteiger charge is 2.23. The first-order valence-electron chi connectivity index (χ1n) is 8.60. The molecular formula is C18H24N4O4. The van der Waals surface area contributed by atoms with E-state index in [1.807, 2.05) is 13.8 Å². The second-order valence-corrected chi connectivity index (χ2v) is 6.28. The molecule has 0 aromatic heterocycles. The number of benzene rings is 1. The molecular weight excluding hydrogens is 336 g/mol. The molecule has 1 saturated heterocycles. The normalized spacial score (nSPS) is 13.9. The van der Waals surface area contributed by atoms with Gasteiger partial charge < -0.3 is 15.0 Å². The Hall–Kier alpha value is -2.90. The van der Waals surface area contributed by atoms with Gasteiger partial charge in [-0.25, -0.2) is 5.43 Å². The van der Waals surface area contributed by atoms with E-state index in [4.69, 9.17) is 4.74 Å². The van der Waals surface area contributed by atoms with E-state index >= 15 is 0 Å². The summed E-state index contributed by atoms with van der Waals surface area (Å²) in [6.07, 6.45) is 3.29. The minimum atomic E-state index is -0.737. The predicted octanol–water partition coefficient (Wildman–Crippen LogP) is 0.662. The van der Waals surface area contributed by atoms with Crippen LogP contribution < -0.4 is 15.5 Å². The van der Waals surface area contributed by atoms with E-state index in [2.05, 4.69) is 15.8 Å². The van der Waals surface area contributed by atoms with Gasteiger partial charge >= 0.3 is 11.8 Å². The van der Waals surface area contributed by atoms with Crippen molar-refractivity contribution in [3.8, 4) is 5.75 Å². The van der Waals surface area contributed by atoms with Gasteiger partial charge in [-0.3, -0.25) is 14.4 Å². The number of hydrazone groups is 1. The van der Waals surface area contributed by atoms with Gasteiger partial charge in [-0.1, -0.05) is 0 Å². The van der Waals surface area contributed by atoms with Crippen LogP contribution in [0.3, 0.4) is 0 Å². The van der Waals surface area contributed by atoms with Crippen molar-refractivity contribution in [2.24, 2.45) is 5.10 Å². The van der Waals surface area contributed by atoms with Gasteiger partial charge in [0.15, 0.2) is 6.61 Å². The number of amides is 3. The summed E-state index contributed by atoms with van der Waals surface area (Å²) in [6.45, 7) is 4.94. The number of nitrogens with one attached hydrogen (secondary N) is 2. The third kappa shape index (κ3) is 6.19. The number of nitrogens with zero attached hydrogens (tertiary/aromatic N) is 2. The van der Waals surface area contributed by atoms with Gasteiger partial charge in [0.2, 0.25) is 0 Å². The molecule has 0 unspecified atom stereocenters. The molecule has 1 aliphatic rings. The molecule has 140 valence electrons. The van der Waals surface area contributed by atoms with Gasteiger partial charge in [0, 0.05) is 19.1 Å². The second-order valence-electron chi connectivity index (χ2n) is 6.28. The Morgan fingerprint density at radius 1 is 1.19 bits per heavy atom. The van der Waals surface area contributed by atoms with Gasteiger partial charge in [0.25, 0.3) is 5.91 Å². The summed E-state index contributed by atoms with van der Waals surface area (Å²) in [4.78, 5) is 36.6. The van der Waals surface area contributed by atoms with Crippen LogP contribution >= 0.6 is 0 Å². The van der Waals surface area contributed by atoms with E-state index in [1.54, 1.807) is 24.3 Å². The van der Waals surface area contributed by atoms with E-state index in [0.29, 0.717) is 18.8 Å². The number of carbonyl (C=O) groups excluding carboxylic acids is 3. The number of hydrogen-bond acceptors (Lipinski definition) is 5. The van der Waals surface area contributed by atoms with E-state index in [1.165, 1.54) is 11.1 Å². The molecule has 3 amide bonds. The molecule has 1 fully saturated rings. The zero-order valence-corrected chi connectivity index (χ0v) is 15.0. The molecule has 8 nitrogen and oxygen atoms in total. The number of rotatable bonds is 6.